The Kier molecular flexibility index (Phi) is 8.54. The van der Waals surface area contributed by atoms with Gasteiger partial charge in [-0.05, 0) is 40.2 Å². The summed E-state index contributed by atoms with van der Waals surface area (Å²) < 4.78 is 16.3. The van der Waals surface area contributed by atoms with E-state index in [1.165, 1.54) is 0 Å². The van der Waals surface area contributed by atoms with Crippen LogP contribution >= 0.6 is 0 Å². The highest BCUT2D eigenvalue weighted by Gasteiger charge is 2.23. The molecule has 1 amide bonds. The molecule has 26 heavy (non-hydrogen) atoms. The van der Waals surface area contributed by atoms with Crippen molar-refractivity contribution in [1.82, 2.24) is 5.32 Å². The number of carboxylic acids is 1. The molecule has 7 nitrogen and oxygen atoms in total. The van der Waals surface area contributed by atoms with E-state index in [1.807, 2.05) is 13.8 Å². The highest BCUT2D eigenvalue weighted by molar-refractivity contribution is 5.72. The molecular formula is C19H29NO6. The van der Waals surface area contributed by atoms with Crippen LogP contribution in [-0.2, 0) is 19.0 Å². The molecule has 0 heterocycles. The summed E-state index contributed by atoms with van der Waals surface area (Å²) in [5.74, 6) is -1.02. The van der Waals surface area contributed by atoms with Crippen molar-refractivity contribution in [2.24, 2.45) is 0 Å². The zero-order valence-electron chi connectivity index (χ0n) is 16.1. The number of amides is 1. The van der Waals surface area contributed by atoms with Crippen molar-refractivity contribution in [3.8, 4) is 0 Å². The molecule has 0 bridgehead atoms. The number of hydrogen-bond acceptors (Lipinski definition) is 5. The molecule has 0 aromatic heterocycles. The third-order valence-electron chi connectivity index (χ3n) is 3.32. The number of carbonyl (C=O) groups is 2. The van der Waals surface area contributed by atoms with E-state index in [0.29, 0.717) is 18.8 Å². The third-order valence-corrected chi connectivity index (χ3v) is 3.32. The summed E-state index contributed by atoms with van der Waals surface area (Å²) in [6.07, 6.45) is -1.39. The summed E-state index contributed by atoms with van der Waals surface area (Å²) in [4.78, 5) is 23.2. The van der Waals surface area contributed by atoms with Crippen molar-refractivity contribution in [1.29, 1.82) is 0 Å². The number of carbonyl (C=O) groups excluding carboxylic acids is 1. The zero-order chi connectivity index (χ0) is 19.7. The minimum Gasteiger partial charge on any atom is -0.481 e. The van der Waals surface area contributed by atoms with Crippen LogP contribution in [-0.4, -0.2) is 36.0 Å². The normalized spacial score (nSPS) is 12.7. The quantitative estimate of drug-likeness (QED) is 0.645. The van der Waals surface area contributed by atoms with Gasteiger partial charge in [-0.3, -0.25) is 4.79 Å². The lowest BCUT2D eigenvalue weighted by atomic mass is 10.0. The Bertz CT molecular complexity index is 573. The Morgan fingerprint density at radius 1 is 1.04 bits per heavy atom. The molecule has 2 N–H and O–H groups in total. The average molecular weight is 367 g/mol. The van der Waals surface area contributed by atoms with E-state index in [1.54, 1.807) is 45.0 Å². The van der Waals surface area contributed by atoms with Crippen molar-refractivity contribution >= 4 is 12.1 Å². The fraction of sp³-hybridized carbons (Fsp3) is 0.579. The van der Waals surface area contributed by atoms with Gasteiger partial charge in [-0.2, -0.15) is 0 Å². The first kappa shape index (κ1) is 21.9. The Morgan fingerprint density at radius 3 is 1.96 bits per heavy atom. The molecule has 1 aromatic carbocycles. The minimum absolute atomic E-state index is 0.251. The number of alkyl carbamates (subject to hydrolysis) is 1. The SMILES string of the molecule is CCOC(OCC)c1ccc([C@H](CC(=O)O)NC(=O)OC(C)(C)C)cc1. The summed E-state index contributed by atoms with van der Waals surface area (Å²) in [6, 6.07) is 6.42. The van der Waals surface area contributed by atoms with Gasteiger partial charge in [-0.25, -0.2) is 4.79 Å². The van der Waals surface area contributed by atoms with Gasteiger partial charge < -0.3 is 24.6 Å². The highest BCUT2D eigenvalue weighted by atomic mass is 16.7. The maximum Gasteiger partial charge on any atom is 0.408 e. The summed E-state index contributed by atoms with van der Waals surface area (Å²) in [5.41, 5.74) is 0.821. The van der Waals surface area contributed by atoms with Crippen LogP contribution in [0.1, 0.15) is 64.5 Å². The van der Waals surface area contributed by atoms with Crippen molar-refractivity contribution in [3.05, 3.63) is 35.4 Å². The van der Waals surface area contributed by atoms with Crippen LogP contribution in [0.3, 0.4) is 0 Å². The van der Waals surface area contributed by atoms with Gasteiger partial charge in [0.25, 0.3) is 0 Å². The number of carboxylic acid groups (broad SMARTS) is 1. The van der Waals surface area contributed by atoms with Crippen molar-refractivity contribution in [2.75, 3.05) is 13.2 Å². The third kappa shape index (κ3) is 7.84. The lowest BCUT2D eigenvalue weighted by Gasteiger charge is -2.23. The second kappa shape index (κ2) is 10.1. The molecule has 7 heteroatoms. The Labute approximate surface area is 154 Å². The van der Waals surface area contributed by atoms with Crippen molar-refractivity contribution in [2.45, 2.75) is 59.0 Å². The Balaban J connectivity index is 2.93. The van der Waals surface area contributed by atoms with Crippen LogP contribution in [0.2, 0.25) is 0 Å². The van der Waals surface area contributed by atoms with Gasteiger partial charge in [-0.1, -0.05) is 24.3 Å². The predicted octanol–water partition coefficient (Wildman–Crippen LogP) is 3.80. The number of aliphatic carboxylic acids is 1. The molecule has 0 aliphatic rings. The number of nitrogens with one attached hydrogen (secondary N) is 1. The molecule has 1 rings (SSSR count). The average Bonchev–Trinajstić information content (AvgIpc) is 2.52. The van der Waals surface area contributed by atoms with E-state index in [9.17, 15) is 9.59 Å². The predicted molar refractivity (Wildman–Crippen MR) is 96.8 cm³/mol. The first-order valence-electron chi connectivity index (χ1n) is 8.70. The largest absolute Gasteiger partial charge is 0.481 e. The lowest BCUT2D eigenvalue weighted by molar-refractivity contribution is -0.140. The van der Waals surface area contributed by atoms with Gasteiger partial charge in [0.2, 0.25) is 0 Å². The van der Waals surface area contributed by atoms with Crippen LogP contribution in [0.25, 0.3) is 0 Å². The first-order chi connectivity index (χ1) is 12.2. The number of benzene rings is 1. The molecule has 146 valence electrons. The van der Waals surface area contributed by atoms with Crippen LogP contribution in [0.15, 0.2) is 24.3 Å². The second-order valence-corrected chi connectivity index (χ2v) is 6.71. The monoisotopic (exact) mass is 367 g/mol. The van der Waals surface area contributed by atoms with Gasteiger partial charge in [0, 0.05) is 18.8 Å². The maximum absolute atomic E-state index is 12.0. The first-order valence-corrected chi connectivity index (χ1v) is 8.70. The number of hydrogen-bond donors (Lipinski definition) is 2. The van der Waals surface area contributed by atoms with E-state index in [0.717, 1.165) is 5.56 Å². The van der Waals surface area contributed by atoms with Crippen LogP contribution in [0.5, 0.6) is 0 Å². The van der Waals surface area contributed by atoms with Gasteiger partial charge in [0.1, 0.15) is 5.60 Å². The standard InChI is InChI=1S/C19H29NO6/c1-6-24-17(25-7-2)14-10-8-13(9-11-14)15(12-16(21)22)20-18(23)26-19(3,4)5/h8-11,15,17H,6-7,12H2,1-5H3,(H,20,23)(H,21,22)/t15-/m0/s1. The van der Waals surface area contributed by atoms with E-state index in [2.05, 4.69) is 5.32 Å². The molecule has 1 atom stereocenters. The minimum atomic E-state index is -1.02. The maximum atomic E-state index is 12.0. The Morgan fingerprint density at radius 2 is 1.54 bits per heavy atom. The molecule has 0 fully saturated rings. The highest BCUT2D eigenvalue weighted by Crippen LogP contribution is 2.23. The lowest BCUT2D eigenvalue weighted by Crippen LogP contribution is -2.35. The smallest absolute Gasteiger partial charge is 0.408 e. The topological polar surface area (TPSA) is 94.1 Å². The van der Waals surface area contributed by atoms with Gasteiger partial charge in [0.05, 0.1) is 12.5 Å². The van der Waals surface area contributed by atoms with Crippen molar-refractivity contribution in [3.63, 3.8) is 0 Å². The fourth-order valence-corrected chi connectivity index (χ4v) is 2.31. The van der Waals surface area contributed by atoms with Crippen LogP contribution in [0.4, 0.5) is 4.79 Å². The molecule has 0 aliphatic heterocycles. The molecule has 1 aromatic rings. The number of ether oxygens (including phenoxy) is 3. The number of rotatable bonds is 9. The summed E-state index contributed by atoms with van der Waals surface area (Å²) in [5, 5.41) is 11.8. The van der Waals surface area contributed by atoms with Crippen LogP contribution in [0, 0.1) is 0 Å². The summed E-state index contributed by atoms with van der Waals surface area (Å²) in [7, 11) is 0. The van der Waals surface area contributed by atoms with Crippen LogP contribution < -0.4 is 5.32 Å². The van der Waals surface area contributed by atoms with Gasteiger partial charge >= 0.3 is 12.1 Å². The molecule has 0 unspecified atom stereocenters. The summed E-state index contributed by atoms with van der Waals surface area (Å²) in [6.45, 7) is 10.0. The van der Waals surface area contributed by atoms with E-state index in [4.69, 9.17) is 19.3 Å². The fourth-order valence-electron chi connectivity index (χ4n) is 2.31. The molecular weight excluding hydrogens is 338 g/mol. The van der Waals surface area contributed by atoms with Gasteiger partial charge in [-0.15, -0.1) is 0 Å². The molecule has 0 aliphatic carbocycles. The Hall–Kier alpha value is -2.12. The second-order valence-electron chi connectivity index (χ2n) is 6.71. The summed E-state index contributed by atoms with van der Waals surface area (Å²) >= 11 is 0. The van der Waals surface area contributed by atoms with Crippen molar-refractivity contribution < 1.29 is 28.9 Å². The zero-order valence-corrected chi connectivity index (χ0v) is 16.1. The van der Waals surface area contributed by atoms with E-state index < -0.39 is 30.0 Å². The molecule has 0 saturated carbocycles. The molecule has 0 saturated heterocycles. The van der Waals surface area contributed by atoms with E-state index >= 15 is 0 Å². The molecule has 0 spiro atoms. The van der Waals surface area contributed by atoms with E-state index in [-0.39, 0.29) is 6.42 Å². The van der Waals surface area contributed by atoms with Gasteiger partial charge in [0.15, 0.2) is 6.29 Å². The molecule has 0 radical (unpaired) electrons.